The Bertz CT molecular complexity index is 637. The molecule has 5 nitrogen and oxygen atoms in total. The van der Waals surface area contributed by atoms with Gasteiger partial charge in [-0.05, 0) is 31.9 Å². The van der Waals surface area contributed by atoms with Crippen molar-refractivity contribution in [2.75, 3.05) is 13.2 Å². The maximum Gasteiger partial charge on any atom is 0.191 e. The van der Waals surface area contributed by atoms with Gasteiger partial charge in [0, 0.05) is 24.2 Å². The molecule has 0 saturated heterocycles. The molecule has 0 aliphatic rings. The van der Waals surface area contributed by atoms with Crippen molar-refractivity contribution in [1.29, 1.82) is 0 Å². The maximum absolute atomic E-state index is 5.41. The molecule has 1 aromatic heterocycles. The van der Waals surface area contributed by atoms with Gasteiger partial charge in [0.15, 0.2) is 5.96 Å². The summed E-state index contributed by atoms with van der Waals surface area (Å²) in [6, 6.07) is 8.40. The molecule has 24 heavy (non-hydrogen) atoms. The van der Waals surface area contributed by atoms with Crippen LogP contribution >= 0.6 is 11.3 Å². The van der Waals surface area contributed by atoms with Crippen molar-refractivity contribution in [1.82, 2.24) is 15.6 Å². The number of benzene rings is 1. The van der Waals surface area contributed by atoms with Gasteiger partial charge in [-0.25, -0.2) is 9.98 Å². The number of thiazole rings is 1. The lowest BCUT2D eigenvalue weighted by Gasteiger charge is -2.10. The summed E-state index contributed by atoms with van der Waals surface area (Å²) in [7, 11) is 0. The molecular formula is C18H26N4OS. The van der Waals surface area contributed by atoms with Crippen molar-refractivity contribution < 1.29 is 4.74 Å². The Balaban J connectivity index is 1.89. The molecule has 0 spiro atoms. The highest BCUT2D eigenvalue weighted by atomic mass is 32.1. The molecule has 1 aromatic carbocycles. The average Bonchev–Trinajstić information content (AvgIpc) is 3.02. The van der Waals surface area contributed by atoms with Crippen LogP contribution in [-0.2, 0) is 24.4 Å². The van der Waals surface area contributed by atoms with Crippen molar-refractivity contribution in [3.05, 3.63) is 51.5 Å². The fourth-order valence-electron chi connectivity index (χ4n) is 2.12. The zero-order chi connectivity index (χ0) is 17.2. The molecule has 0 radical (unpaired) electrons. The fraction of sp³-hybridized carbons (Fsp3) is 0.444. The van der Waals surface area contributed by atoms with Gasteiger partial charge in [-0.1, -0.05) is 24.3 Å². The summed E-state index contributed by atoms with van der Waals surface area (Å²) >= 11 is 1.70. The van der Waals surface area contributed by atoms with Gasteiger partial charge < -0.3 is 15.4 Å². The molecule has 0 aliphatic carbocycles. The number of nitrogens with one attached hydrogen (secondary N) is 2. The monoisotopic (exact) mass is 346 g/mol. The van der Waals surface area contributed by atoms with Crippen LogP contribution in [0.4, 0.5) is 0 Å². The molecule has 0 saturated carbocycles. The third-order valence-electron chi connectivity index (χ3n) is 3.34. The molecule has 6 heteroatoms. The smallest absolute Gasteiger partial charge is 0.191 e. The minimum Gasteiger partial charge on any atom is -0.377 e. The Labute approximate surface area is 148 Å². The number of aryl methyl sites for hydroxylation is 1. The highest BCUT2D eigenvalue weighted by Gasteiger charge is 2.02. The molecule has 0 aliphatic heterocycles. The van der Waals surface area contributed by atoms with Gasteiger partial charge in [0.2, 0.25) is 0 Å². The first kappa shape index (κ1) is 18.4. The molecule has 0 fully saturated rings. The molecule has 2 N–H and O–H groups in total. The lowest BCUT2D eigenvalue weighted by atomic mass is 10.1. The van der Waals surface area contributed by atoms with E-state index in [1.54, 1.807) is 11.3 Å². The van der Waals surface area contributed by atoms with Gasteiger partial charge >= 0.3 is 0 Å². The minimum atomic E-state index is 0.640. The Morgan fingerprint density at radius 3 is 2.54 bits per heavy atom. The number of nitrogens with zero attached hydrogens (tertiary/aromatic N) is 2. The summed E-state index contributed by atoms with van der Waals surface area (Å²) in [5.74, 6) is 0.809. The number of guanidine groups is 1. The van der Waals surface area contributed by atoms with Gasteiger partial charge in [-0.3, -0.25) is 0 Å². The van der Waals surface area contributed by atoms with Crippen LogP contribution in [0, 0.1) is 6.92 Å². The second-order valence-corrected chi connectivity index (χ2v) is 6.69. The van der Waals surface area contributed by atoms with Crippen LogP contribution < -0.4 is 10.6 Å². The van der Waals surface area contributed by atoms with Crippen molar-refractivity contribution in [2.45, 2.75) is 40.5 Å². The fourth-order valence-corrected chi connectivity index (χ4v) is 2.84. The predicted octanol–water partition coefficient (Wildman–Crippen LogP) is 3.24. The maximum atomic E-state index is 5.41. The van der Waals surface area contributed by atoms with E-state index in [-0.39, 0.29) is 0 Å². The third kappa shape index (κ3) is 6.29. The van der Waals surface area contributed by atoms with Gasteiger partial charge in [0.1, 0.15) is 5.01 Å². The van der Waals surface area contributed by atoms with Crippen LogP contribution in [0.15, 0.2) is 35.5 Å². The Kier molecular flexibility index (Phi) is 7.71. The second-order valence-electron chi connectivity index (χ2n) is 5.37. The van der Waals surface area contributed by atoms with Crippen LogP contribution in [0.5, 0.6) is 0 Å². The third-order valence-corrected chi connectivity index (χ3v) is 4.25. The summed E-state index contributed by atoms with van der Waals surface area (Å²) in [6.07, 6.45) is 1.90. The lowest BCUT2D eigenvalue weighted by Crippen LogP contribution is -2.36. The molecule has 2 aromatic rings. The first-order valence-electron chi connectivity index (χ1n) is 8.30. The van der Waals surface area contributed by atoms with Crippen molar-refractivity contribution in [2.24, 2.45) is 4.99 Å². The molecule has 2 rings (SSSR count). The summed E-state index contributed by atoms with van der Waals surface area (Å²) < 4.78 is 5.41. The van der Waals surface area contributed by atoms with E-state index in [4.69, 9.17) is 4.74 Å². The van der Waals surface area contributed by atoms with E-state index in [1.807, 2.05) is 13.1 Å². The van der Waals surface area contributed by atoms with E-state index in [1.165, 1.54) is 16.0 Å². The molecule has 0 atom stereocenters. The van der Waals surface area contributed by atoms with Crippen LogP contribution in [0.25, 0.3) is 0 Å². The topological polar surface area (TPSA) is 58.5 Å². The number of ether oxygens (including phenoxy) is 1. The first-order valence-corrected chi connectivity index (χ1v) is 9.12. The van der Waals surface area contributed by atoms with E-state index in [0.29, 0.717) is 19.7 Å². The Morgan fingerprint density at radius 1 is 1.17 bits per heavy atom. The van der Waals surface area contributed by atoms with E-state index in [2.05, 4.69) is 58.7 Å². The van der Waals surface area contributed by atoms with Crippen molar-refractivity contribution in [3.8, 4) is 0 Å². The molecule has 0 amide bonds. The number of aromatic nitrogens is 1. The molecule has 0 unspecified atom stereocenters. The van der Waals surface area contributed by atoms with E-state index < -0.39 is 0 Å². The summed E-state index contributed by atoms with van der Waals surface area (Å²) in [4.78, 5) is 10.2. The van der Waals surface area contributed by atoms with Gasteiger partial charge in [-0.2, -0.15) is 0 Å². The largest absolute Gasteiger partial charge is 0.377 e. The number of hydrogen-bond acceptors (Lipinski definition) is 4. The van der Waals surface area contributed by atoms with E-state index in [0.717, 1.165) is 24.1 Å². The van der Waals surface area contributed by atoms with Crippen molar-refractivity contribution >= 4 is 17.3 Å². The molecule has 130 valence electrons. The van der Waals surface area contributed by atoms with Gasteiger partial charge in [-0.15, -0.1) is 11.3 Å². The Morgan fingerprint density at radius 2 is 1.92 bits per heavy atom. The lowest BCUT2D eigenvalue weighted by molar-refractivity contribution is 0.134. The number of hydrogen-bond donors (Lipinski definition) is 2. The average molecular weight is 347 g/mol. The van der Waals surface area contributed by atoms with E-state index in [9.17, 15) is 0 Å². The summed E-state index contributed by atoms with van der Waals surface area (Å²) in [6.45, 7) is 9.70. The van der Waals surface area contributed by atoms with Gasteiger partial charge in [0.05, 0.1) is 19.7 Å². The van der Waals surface area contributed by atoms with Crippen LogP contribution in [0.3, 0.4) is 0 Å². The second kappa shape index (κ2) is 10.1. The number of aliphatic imine (C=N–C) groups is 1. The minimum absolute atomic E-state index is 0.640. The highest BCUT2D eigenvalue weighted by molar-refractivity contribution is 7.11. The van der Waals surface area contributed by atoms with Gasteiger partial charge in [0.25, 0.3) is 0 Å². The molecule has 0 bridgehead atoms. The summed E-state index contributed by atoms with van der Waals surface area (Å²) in [5.41, 5.74) is 2.37. The SMILES string of the molecule is CCNC(=NCc1ccc(COCC)cc1)NCc1ncc(C)s1. The Hall–Kier alpha value is -1.92. The van der Waals surface area contributed by atoms with Crippen LogP contribution in [0.2, 0.25) is 0 Å². The first-order chi connectivity index (χ1) is 11.7. The quantitative estimate of drug-likeness (QED) is 0.569. The highest BCUT2D eigenvalue weighted by Crippen LogP contribution is 2.10. The zero-order valence-corrected chi connectivity index (χ0v) is 15.4. The normalized spacial score (nSPS) is 11.5. The van der Waals surface area contributed by atoms with Crippen LogP contribution in [-0.4, -0.2) is 24.1 Å². The number of rotatable bonds is 8. The standard InChI is InChI=1S/C18H26N4OS/c1-4-19-18(22-12-17-20-10-14(3)24-17)21-11-15-6-8-16(9-7-15)13-23-5-2/h6-10H,4-5,11-13H2,1-3H3,(H2,19,21,22). The van der Waals surface area contributed by atoms with E-state index >= 15 is 0 Å². The van der Waals surface area contributed by atoms with Crippen molar-refractivity contribution in [3.63, 3.8) is 0 Å². The van der Waals surface area contributed by atoms with Crippen LogP contribution in [0.1, 0.15) is 34.9 Å². The zero-order valence-electron chi connectivity index (χ0n) is 14.6. The molecule has 1 heterocycles. The molecular weight excluding hydrogens is 320 g/mol. The summed E-state index contributed by atoms with van der Waals surface area (Å²) in [5, 5.41) is 7.66. The predicted molar refractivity (Wildman–Crippen MR) is 100 cm³/mol.